The van der Waals surface area contributed by atoms with Gasteiger partial charge in [-0.2, -0.15) is 0 Å². The lowest BCUT2D eigenvalue weighted by Gasteiger charge is -2.07. The van der Waals surface area contributed by atoms with Crippen LogP contribution in [0.4, 0.5) is 5.69 Å². The van der Waals surface area contributed by atoms with Gasteiger partial charge in [0.15, 0.2) is 6.61 Å². The van der Waals surface area contributed by atoms with Gasteiger partial charge < -0.3 is 10.1 Å². The van der Waals surface area contributed by atoms with Crippen molar-refractivity contribution in [3.63, 3.8) is 0 Å². The number of hydrogen-bond donors (Lipinski definition) is 1. The van der Waals surface area contributed by atoms with Crippen LogP contribution in [0.5, 0.6) is 0 Å². The minimum Gasteiger partial charge on any atom is -0.455 e. The molecule has 0 heterocycles. The number of benzene rings is 2. The molecule has 2 rings (SSSR count). The number of nitrogens with zero attached hydrogens (tertiary/aromatic N) is 1. The Bertz CT molecular complexity index is 750. The first kappa shape index (κ1) is 19.5. The van der Waals surface area contributed by atoms with Crippen molar-refractivity contribution in [2.24, 2.45) is 0 Å². The molecule has 2 aromatic rings. The van der Waals surface area contributed by atoms with E-state index in [0.29, 0.717) is 17.9 Å². The van der Waals surface area contributed by atoms with E-state index in [0.717, 1.165) is 5.56 Å². The first-order chi connectivity index (χ1) is 12.5. The zero-order valence-corrected chi connectivity index (χ0v) is 14.7. The Labute approximate surface area is 154 Å². The van der Waals surface area contributed by atoms with Gasteiger partial charge in [-0.25, -0.2) is 0 Å². The second-order valence-electron chi connectivity index (χ2n) is 5.29. The maximum Gasteiger partial charge on any atom is 0.316 e. The number of esters is 1. The number of amides is 1. The number of non-ortho nitro benzene ring substituents is 1. The van der Waals surface area contributed by atoms with E-state index < -0.39 is 10.9 Å². The van der Waals surface area contributed by atoms with E-state index in [-0.39, 0.29) is 24.0 Å². The number of rotatable bonds is 9. The van der Waals surface area contributed by atoms with Crippen LogP contribution in [0.2, 0.25) is 0 Å². The van der Waals surface area contributed by atoms with Gasteiger partial charge in [0, 0.05) is 23.6 Å². The molecule has 0 aliphatic heterocycles. The zero-order chi connectivity index (χ0) is 18.8. The molecule has 26 heavy (non-hydrogen) atoms. The summed E-state index contributed by atoms with van der Waals surface area (Å²) in [6.45, 7) is 0.145. The standard InChI is InChI=1S/C18H18N2O5S/c21-17(19-11-10-14-4-2-1-3-5-14)12-25-18(22)13-26-16-8-6-15(7-9-16)20(23)24/h1-9H,10-13H2,(H,19,21). The van der Waals surface area contributed by atoms with E-state index in [1.54, 1.807) is 12.1 Å². The largest absolute Gasteiger partial charge is 0.455 e. The van der Waals surface area contributed by atoms with Crippen molar-refractivity contribution in [2.75, 3.05) is 18.9 Å². The Morgan fingerprint density at radius 3 is 2.42 bits per heavy atom. The van der Waals surface area contributed by atoms with Crippen LogP contribution in [0.3, 0.4) is 0 Å². The molecule has 0 radical (unpaired) electrons. The average Bonchev–Trinajstić information content (AvgIpc) is 2.66. The Kier molecular flexibility index (Phi) is 7.63. The molecule has 0 fully saturated rings. The molecule has 0 aliphatic carbocycles. The minimum absolute atomic E-state index is 0.0101. The van der Waals surface area contributed by atoms with E-state index in [9.17, 15) is 19.7 Å². The Hall–Kier alpha value is -2.87. The molecule has 0 spiro atoms. The molecular formula is C18H18N2O5S. The number of nitrogens with one attached hydrogen (secondary N) is 1. The van der Waals surface area contributed by atoms with E-state index in [4.69, 9.17) is 4.74 Å². The van der Waals surface area contributed by atoms with Crippen LogP contribution >= 0.6 is 11.8 Å². The molecule has 8 heteroatoms. The van der Waals surface area contributed by atoms with Gasteiger partial charge in [0.25, 0.3) is 11.6 Å². The Morgan fingerprint density at radius 2 is 1.77 bits per heavy atom. The predicted molar refractivity (Wildman–Crippen MR) is 97.9 cm³/mol. The molecule has 1 amide bonds. The van der Waals surface area contributed by atoms with Crippen molar-refractivity contribution in [3.8, 4) is 0 Å². The maximum atomic E-state index is 11.7. The third kappa shape index (κ3) is 6.94. The van der Waals surface area contributed by atoms with Crippen LogP contribution in [0.15, 0.2) is 59.5 Å². The number of nitro groups is 1. The monoisotopic (exact) mass is 374 g/mol. The van der Waals surface area contributed by atoms with Crippen molar-refractivity contribution >= 4 is 29.3 Å². The Morgan fingerprint density at radius 1 is 1.08 bits per heavy atom. The first-order valence-electron chi connectivity index (χ1n) is 7.88. The van der Waals surface area contributed by atoms with E-state index in [1.807, 2.05) is 30.3 Å². The van der Waals surface area contributed by atoms with Gasteiger partial charge in [-0.3, -0.25) is 19.7 Å². The lowest BCUT2D eigenvalue weighted by Crippen LogP contribution is -2.30. The average molecular weight is 374 g/mol. The quantitative estimate of drug-likeness (QED) is 0.313. The number of carbonyl (C=O) groups excluding carboxylic acids is 2. The van der Waals surface area contributed by atoms with Crippen molar-refractivity contribution in [1.29, 1.82) is 0 Å². The van der Waals surface area contributed by atoms with Crippen LogP contribution in [-0.4, -0.2) is 35.7 Å². The highest BCUT2D eigenvalue weighted by Gasteiger charge is 2.09. The summed E-state index contributed by atoms with van der Waals surface area (Å²) in [6.07, 6.45) is 0.705. The fraction of sp³-hybridized carbons (Fsp3) is 0.222. The van der Waals surface area contributed by atoms with Crippen LogP contribution < -0.4 is 5.32 Å². The highest BCUT2D eigenvalue weighted by Crippen LogP contribution is 2.21. The molecule has 0 saturated heterocycles. The van der Waals surface area contributed by atoms with Gasteiger partial charge in [0.1, 0.15) is 0 Å². The van der Waals surface area contributed by atoms with E-state index in [1.165, 1.54) is 23.9 Å². The third-order valence-electron chi connectivity index (χ3n) is 3.35. The van der Waals surface area contributed by atoms with E-state index in [2.05, 4.69) is 5.32 Å². The van der Waals surface area contributed by atoms with Crippen LogP contribution in [0, 0.1) is 10.1 Å². The van der Waals surface area contributed by atoms with Gasteiger partial charge >= 0.3 is 5.97 Å². The highest BCUT2D eigenvalue weighted by atomic mass is 32.2. The third-order valence-corrected chi connectivity index (χ3v) is 4.33. The molecular weight excluding hydrogens is 356 g/mol. The van der Waals surface area contributed by atoms with Crippen molar-refractivity contribution in [2.45, 2.75) is 11.3 Å². The summed E-state index contributed by atoms with van der Waals surface area (Å²) in [4.78, 5) is 34.1. The normalized spacial score (nSPS) is 10.2. The summed E-state index contributed by atoms with van der Waals surface area (Å²) in [5.74, 6) is -0.851. The number of thioether (sulfide) groups is 1. The van der Waals surface area contributed by atoms with Crippen LogP contribution in [0.25, 0.3) is 0 Å². The maximum absolute atomic E-state index is 11.7. The second kappa shape index (κ2) is 10.2. The first-order valence-corrected chi connectivity index (χ1v) is 8.86. The van der Waals surface area contributed by atoms with Crippen molar-refractivity contribution in [3.05, 3.63) is 70.3 Å². The lowest BCUT2D eigenvalue weighted by atomic mass is 10.1. The molecule has 0 unspecified atom stereocenters. The highest BCUT2D eigenvalue weighted by molar-refractivity contribution is 8.00. The van der Waals surface area contributed by atoms with Gasteiger partial charge in [-0.05, 0) is 24.1 Å². The summed E-state index contributed by atoms with van der Waals surface area (Å²) in [5, 5.41) is 13.3. The van der Waals surface area contributed by atoms with Gasteiger partial charge in [0.2, 0.25) is 0 Å². The Balaban J connectivity index is 1.61. The summed E-state index contributed by atoms with van der Waals surface area (Å²) < 4.78 is 4.91. The molecule has 0 aliphatic rings. The molecule has 0 atom stereocenters. The molecule has 0 aromatic heterocycles. The number of nitro benzene ring substituents is 1. The fourth-order valence-corrected chi connectivity index (χ4v) is 2.73. The molecule has 2 aromatic carbocycles. The topological polar surface area (TPSA) is 98.5 Å². The summed E-state index contributed by atoms with van der Waals surface area (Å²) in [6, 6.07) is 15.6. The molecule has 0 bridgehead atoms. The van der Waals surface area contributed by atoms with Gasteiger partial charge in [-0.1, -0.05) is 30.3 Å². The molecule has 7 nitrogen and oxygen atoms in total. The SMILES string of the molecule is O=C(COC(=O)CSc1ccc([N+](=O)[O-])cc1)NCCc1ccccc1. The van der Waals surface area contributed by atoms with Crippen LogP contribution in [0.1, 0.15) is 5.56 Å². The van der Waals surface area contributed by atoms with Crippen molar-refractivity contribution < 1.29 is 19.2 Å². The molecule has 0 saturated carbocycles. The zero-order valence-electron chi connectivity index (χ0n) is 13.9. The molecule has 1 N–H and O–H groups in total. The lowest BCUT2D eigenvalue weighted by molar-refractivity contribution is -0.384. The number of carbonyl (C=O) groups is 2. The number of ether oxygens (including phenoxy) is 1. The fourth-order valence-electron chi connectivity index (χ4n) is 2.04. The van der Waals surface area contributed by atoms with Gasteiger partial charge in [-0.15, -0.1) is 11.8 Å². The van der Waals surface area contributed by atoms with Gasteiger partial charge in [0.05, 0.1) is 10.7 Å². The van der Waals surface area contributed by atoms with Crippen LogP contribution in [-0.2, 0) is 20.7 Å². The van der Waals surface area contributed by atoms with Crippen molar-refractivity contribution in [1.82, 2.24) is 5.32 Å². The van der Waals surface area contributed by atoms with E-state index >= 15 is 0 Å². The minimum atomic E-state index is -0.522. The second-order valence-corrected chi connectivity index (χ2v) is 6.33. The summed E-state index contributed by atoms with van der Waals surface area (Å²) in [7, 11) is 0. The summed E-state index contributed by atoms with van der Waals surface area (Å²) >= 11 is 1.19. The predicted octanol–water partition coefficient (Wildman–Crippen LogP) is 2.59. The molecule has 136 valence electrons. The number of hydrogen-bond acceptors (Lipinski definition) is 6. The smallest absolute Gasteiger partial charge is 0.316 e. The summed E-state index contributed by atoms with van der Waals surface area (Å²) in [5.41, 5.74) is 1.10.